The molecule has 4 rings (SSSR count). The van der Waals surface area contributed by atoms with Crippen molar-refractivity contribution < 1.29 is 13.9 Å². The van der Waals surface area contributed by atoms with Crippen LogP contribution in [0.3, 0.4) is 0 Å². The smallest absolute Gasteiger partial charge is 0.229 e. The molecular weight excluding hydrogens is 412 g/mol. The van der Waals surface area contributed by atoms with E-state index in [9.17, 15) is 13.9 Å². The largest absolute Gasteiger partial charge is 0.391 e. The van der Waals surface area contributed by atoms with E-state index in [1.54, 1.807) is 11.1 Å². The van der Waals surface area contributed by atoms with E-state index in [1.807, 2.05) is 24.3 Å². The van der Waals surface area contributed by atoms with Crippen molar-refractivity contribution in [2.45, 2.75) is 37.7 Å². The number of nitrogens with zero attached hydrogens (tertiary/aromatic N) is 4. The molecule has 0 amide bonds. The van der Waals surface area contributed by atoms with E-state index >= 15 is 0 Å². The van der Waals surface area contributed by atoms with Crippen molar-refractivity contribution in [2.75, 3.05) is 47.2 Å². The Kier molecular flexibility index (Phi) is 6.53. The fraction of sp³-hybridized carbons (Fsp3) is 0.524. The summed E-state index contributed by atoms with van der Waals surface area (Å²) in [5, 5.41) is 13.0. The minimum Gasteiger partial charge on any atom is -0.391 e. The molecule has 3 atom stereocenters. The molecular formula is C21H26ClF2N5O. The summed E-state index contributed by atoms with van der Waals surface area (Å²) in [4.78, 5) is 12.7. The number of aliphatic hydroxyl groups excluding tert-OH is 1. The predicted molar refractivity (Wildman–Crippen MR) is 116 cm³/mol. The number of aliphatic hydroxyl groups is 1. The highest BCUT2D eigenvalue weighted by Crippen LogP contribution is 2.28. The molecule has 0 aliphatic carbocycles. The van der Waals surface area contributed by atoms with Crippen LogP contribution in [0.5, 0.6) is 0 Å². The molecule has 0 radical (unpaired) electrons. The van der Waals surface area contributed by atoms with E-state index in [0.717, 1.165) is 36.3 Å². The molecule has 6 nitrogen and oxygen atoms in total. The quantitative estimate of drug-likeness (QED) is 0.675. The molecule has 2 N–H and O–H groups in total. The summed E-state index contributed by atoms with van der Waals surface area (Å²) >= 11 is 5.87. The number of benzene rings is 1. The van der Waals surface area contributed by atoms with Crippen LogP contribution in [0.4, 0.5) is 31.9 Å². The first-order valence-electron chi connectivity index (χ1n) is 10.3. The number of aromatic nitrogens is 2. The summed E-state index contributed by atoms with van der Waals surface area (Å²) in [6, 6.07) is 7.84. The number of hydrogen-bond donors (Lipinski definition) is 2. The topological polar surface area (TPSA) is 64.5 Å². The minimum atomic E-state index is -1.51. The zero-order valence-electron chi connectivity index (χ0n) is 16.6. The average molecular weight is 438 g/mol. The maximum atomic E-state index is 13.7. The standard InChI is InChI=1S/C21H26ClF2N5O/c22-8-7-14-10-25-21(27-20(14)29-12-18(23)19(24)13-29)26-15-3-5-16(6-4-15)28-9-1-2-17(30)11-28/h3-6,10,17-19,30H,1-2,7-9,11-13H2,(H,25,26,27)/t17?,18-,19-/m0/s1. The van der Waals surface area contributed by atoms with Crippen LogP contribution in [0.1, 0.15) is 18.4 Å². The average Bonchev–Trinajstić information content (AvgIpc) is 3.08. The van der Waals surface area contributed by atoms with E-state index in [4.69, 9.17) is 11.6 Å². The van der Waals surface area contributed by atoms with E-state index in [0.29, 0.717) is 30.6 Å². The van der Waals surface area contributed by atoms with Gasteiger partial charge in [0.15, 0.2) is 12.3 Å². The van der Waals surface area contributed by atoms with Crippen molar-refractivity contribution in [3.8, 4) is 0 Å². The fourth-order valence-corrected chi connectivity index (χ4v) is 4.18. The SMILES string of the molecule is OC1CCCN(c2ccc(Nc3ncc(CCCl)c(N4C[C@H](F)[C@@H](F)C4)n3)cc2)C1. The zero-order chi connectivity index (χ0) is 21.1. The Bertz CT molecular complexity index is 846. The number of rotatable bonds is 6. The molecule has 2 aromatic rings. The van der Waals surface area contributed by atoms with Crippen LogP contribution in [-0.4, -0.2) is 65.6 Å². The molecule has 1 aromatic heterocycles. The van der Waals surface area contributed by atoms with Crippen LogP contribution in [0, 0.1) is 0 Å². The Hall–Kier alpha value is -2.19. The maximum Gasteiger partial charge on any atom is 0.229 e. The summed E-state index contributed by atoms with van der Waals surface area (Å²) < 4.78 is 27.4. The van der Waals surface area contributed by atoms with Crippen molar-refractivity contribution in [3.63, 3.8) is 0 Å². The second-order valence-electron chi connectivity index (χ2n) is 7.83. The van der Waals surface area contributed by atoms with Gasteiger partial charge in [0.05, 0.1) is 19.2 Å². The van der Waals surface area contributed by atoms with Gasteiger partial charge in [0.2, 0.25) is 5.95 Å². The van der Waals surface area contributed by atoms with Gasteiger partial charge in [-0.05, 0) is 43.5 Å². The lowest BCUT2D eigenvalue weighted by Gasteiger charge is -2.32. The lowest BCUT2D eigenvalue weighted by atomic mass is 10.1. The van der Waals surface area contributed by atoms with Gasteiger partial charge in [-0.15, -0.1) is 11.6 Å². The number of aryl methyl sites for hydroxylation is 1. The highest BCUT2D eigenvalue weighted by molar-refractivity contribution is 6.18. The monoisotopic (exact) mass is 437 g/mol. The van der Waals surface area contributed by atoms with Gasteiger partial charge in [0.1, 0.15) is 5.82 Å². The molecule has 2 aliphatic rings. The van der Waals surface area contributed by atoms with Crippen LogP contribution in [-0.2, 0) is 6.42 Å². The number of anilines is 4. The first-order chi connectivity index (χ1) is 14.5. The molecule has 1 unspecified atom stereocenters. The van der Waals surface area contributed by atoms with E-state index in [2.05, 4.69) is 20.2 Å². The highest BCUT2D eigenvalue weighted by atomic mass is 35.5. The van der Waals surface area contributed by atoms with Crippen LogP contribution in [0.15, 0.2) is 30.5 Å². The second kappa shape index (κ2) is 9.31. The molecule has 2 saturated heterocycles. The van der Waals surface area contributed by atoms with Crippen molar-refractivity contribution in [1.82, 2.24) is 9.97 Å². The normalized spacial score (nSPS) is 24.3. The molecule has 0 spiro atoms. The molecule has 1 aromatic carbocycles. The Morgan fingerprint density at radius 1 is 1.10 bits per heavy atom. The van der Waals surface area contributed by atoms with Crippen LogP contribution in [0.2, 0.25) is 0 Å². The lowest BCUT2D eigenvalue weighted by molar-refractivity contribution is 0.154. The lowest BCUT2D eigenvalue weighted by Crippen LogP contribution is -2.38. The van der Waals surface area contributed by atoms with Crippen LogP contribution in [0.25, 0.3) is 0 Å². The third kappa shape index (κ3) is 4.75. The molecule has 9 heteroatoms. The number of alkyl halides is 3. The summed E-state index contributed by atoms with van der Waals surface area (Å²) in [6.45, 7) is 1.52. The third-order valence-electron chi connectivity index (χ3n) is 5.57. The summed E-state index contributed by atoms with van der Waals surface area (Å²) in [5.41, 5.74) is 2.63. The van der Waals surface area contributed by atoms with Crippen LogP contribution >= 0.6 is 11.6 Å². The Morgan fingerprint density at radius 3 is 2.50 bits per heavy atom. The zero-order valence-corrected chi connectivity index (χ0v) is 17.4. The minimum absolute atomic E-state index is 0.0245. The third-order valence-corrected chi connectivity index (χ3v) is 5.76. The van der Waals surface area contributed by atoms with Crippen LogP contribution < -0.4 is 15.1 Å². The van der Waals surface area contributed by atoms with E-state index < -0.39 is 12.3 Å². The second-order valence-corrected chi connectivity index (χ2v) is 8.21. The summed E-state index contributed by atoms with van der Waals surface area (Å²) in [7, 11) is 0. The highest BCUT2D eigenvalue weighted by Gasteiger charge is 2.34. The summed E-state index contributed by atoms with van der Waals surface area (Å²) in [6.07, 6.45) is 0.699. The molecule has 0 bridgehead atoms. The van der Waals surface area contributed by atoms with Crippen molar-refractivity contribution in [3.05, 3.63) is 36.0 Å². The first-order valence-corrected chi connectivity index (χ1v) is 10.8. The van der Waals surface area contributed by atoms with E-state index in [-0.39, 0.29) is 19.2 Å². The molecule has 2 aliphatic heterocycles. The predicted octanol–water partition coefficient (Wildman–Crippen LogP) is 3.46. The number of β-amino-alcohol motifs (C(OH)–C–C–N with tert-alkyl or cyclic N) is 1. The summed E-state index contributed by atoms with van der Waals surface area (Å²) in [5.74, 6) is 1.26. The first kappa shape index (κ1) is 21.1. The number of halogens is 3. The van der Waals surface area contributed by atoms with Gasteiger partial charge in [0.25, 0.3) is 0 Å². The van der Waals surface area contributed by atoms with Gasteiger partial charge in [-0.25, -0.2) is 13.8 Å². The Labute approximate surface area is 179 Å². The van der Waals surface area contributed by atoms with Gasteiger partial charge >= 0.3 is 0 Å². The number of nitrogens with one attached hydrogen (secondary N) is 1. The van der Waals surface area contributed by atoms with Crippen molar-refractivity contribution >= 4 is 34.7 Å². The van der Waals surface area contributed by atoms with E-state index in [1.165, 1.54) is 0 Å². The van der Waals surface area contributed by atoms with Gasteiger partial charge in [-0.3, -0.25) is 0 Å². The molecule has 30 heavy (non-hydrogen) atoms. The van der Waals surface area contributed by atoms with Gasteiger partial charge in [-0.2, -0.15) is 4.98 Å². The molecule has 3 heterocycles. The Morgan fingerprint density at radius 2 is 1.83 bits per heavy atom. The Balaban J connectivity index is 1.49. The van der Waals surface area contributed by atoms with Crippen molar-refractivity contribution in [2.24, 2.45) is 0 Å². The number of piperidine rings is 1. The molecule has 2 fully saturated rings. The van der Waals surface area contributed by atoms with Crippen molar-refractivity contribution in [1.29, 1.82) is 0 Å². The van der Waals surface area contributed by atoms with Gasteiger partial charge < -0.3 is 20.2 Å². The maximum absolute atomic E-state index is 13.7. The van der Waals surface area contributed by atoms with Gasteiger partial charge in [0, 0.05) is 42.1 Å². The fourth-order valence-electron chi connectivity index (χ4n) is 3.98. The molecule has 162 valence electrons. The molecule has 0 saturated carbocycles. The van der Waals surface area contributed by atoms with Gasteiger partial charge in [-0.1, -0.05) is 0 Å². The number of hydrogen-bond acceptors (Lipinski definition) is 6.